The normalized spacial score (nSPS) is 11.7. The van der Waals surface area contributed by atoms with Crippen molar-refractivity contribution in [1.29, 1.82) is 5.26 Å². The molecule has 0 radical (unpaired) electrons. The molecule has 2 N–H and O–H groups in total. The summed E-state index contributed by atoms with van der Waals surface area (Å²) < 4.78 is 5.86. The third kappa shape index (κ3) is 3.37. The van der Waals surface area contributed by atoms with Gasteiger partial charge in [-0.3, -0.25) is 0 Å². The summed E-state index contributed by atoms with van der Waals surface area (Å²) in [6, 6.07) is 17.4. The number of benzene rings is 2. The molecule has 0 bridgehead atoms. The third-order valence-corrected chi connectivity index (χ3v) is 3.21. The van der Waals surface area contributed by atoms with Gasteiger partial charge < -0.3 is 10.5 Å². The number of hydrogen-bond donors (Lipinski definition) is 1. The lowest BCUT2D eigenvalue weighted by Crippen LogP contribution is -2.10. The summed E-state index contributed by atoms with van der Waals surface area (Å²) in [5.74, 6) is 0.809. The Hall–Kier alpha value is -2.31. The first kappa shape index (κ1) is 14.1. The number of nitrogens with zero attached hydrogens (tertiary/aromatic N) is 1. The molecule has 0 aliphatic rings. The quantitative estimate of drug-likeness (QED) is 0.900. The van der Waals surface area contributed by atoms with Crippen molar-refractivity contribution >= 4 is 0 Å². The van der Waals surface area contributed by atoms with E-state index >= 15 is 0 Å². The number of nitrogens with two attached hydrogens (primary N) is 1. The van der Waals surface area contributed by atoms with E-state index in [1.165, 1.54) is 0 Å². The van der Waals surface area contributed by atoms with Crippen molar-refractivity contribution in [2.45, 2.75) is 26.0 Å². The molecule has 3 heteroatoms. The van der Waals surface area contributed by atoms with Gasteiger partial charge in [0.05, 0.1) is 11.6 Å². The molecule has 2 rings (SSSR count). The molecule has 0 saturated heterocycles. The largest absolute Gasteiger partial charge is 0.489 e. The number of rotatable bonds is 5. The van der Waals surface area contributed by atoms with Gasteiger partial charge in [-0.05, 0) is 30.2 Å². The lowest BCUT2D eigenvalue weighted by Gasteiger charge is -2.15. The first-order valence-corrected chi connectivity index (χ1v) is 6.71. The monoisotopic (exact) mass is 266 g/mol. The Kier molecular flexibility index (Phi) is 4.75. The molecule has 102 valence electrons. The minimum Gasteiger partial charge on any atom is -0.489 e. The number of hydrogen-bond acceptors (Lipinski definition) is 3. The van der Waals surface area contributed by atoms with Crippen LogP contribution in [0.3, 0.4) is 0 Å². The fourth-order valence-electron chi connectivity index (χ4n) is 2.03. The SMILES string of the molecule is CCC(N)c1ccccc1OCc1cccc(C#N)c1. The second kappa shape index (κ2) is 6.74. The van der Waals surface area contributed by atoms with Gasteiger partial charge in [0, 0.05) is 11.6 Å². The molecular formula is C17H18N2O. The summed E-state index contributed by atoms with van der Waals surface area (Å²) in [5.41, 5.74) is 8.73. The van der Waals surface area contributed by atoms with Gasteiger partial charge in [0.1, 0.15) is 12.4 Å². The zero-order chi connectivity index (χ0) is 14.4. The summed E-state index contributed by atoms with van der Waals surface area (Å²) in [6.07, 6.45) is 0.865. The molecule has 3 nitrogen and oxygen atoms in total. The van der Waals surface area contributed by atoms with E-state index in [1.54, 1.807) is 6.07 Å². The van der Waals surface area contributed by atoms with Gasteiger partial charge in [-0.25, -0.2) is 0 Å². The van der Waals surface area contributed by atoms with Crippen LogP contribution in [-0.2, 0) is 6.61 Å². The molecule has 0 aliphatic heterocycles. The topological polar surface area (TPSA) is 59.0 Å². The van der Waals surface area contributed by atoms with E-state index in [1.807, 2.05) is 42.5 Å². The minimum atomic E-state index is -0.0170. The van der Waals surface area contributed by atoms with Gasteiger partial charge in [-0.2, -0.15) is 5.26 Å². The van der Waals surface area contributed by atoms with Gasteiger partial charge in [-0.1, -0.05) is 37.3 Å². The zero-order valence-corrected chi connectivity index (χ0v) is 11.5. The molecule has 2 aromatic carbocycles. The van der Waals surface area contributed by atoms with Crippen molar-refractivity contribution < 1.29 is 4.74 Å². The molecule has 20 heavy (non-hydrogen) atoms. The lowest BCUT2D eigenvalue weighted by atomic mass is 10.0. The molecular weight excluding hydrogens is 248 g/mol. The van der Waals surface area contributed by atoms with E-state index < -0.39 is 0 Å². The molecule has 0 amide bonds. The van der Waals surface area contributed by atoms with Gasteiger partial charge in [0.25, 0.3) is 0 Å². The molecule has 2 aromatic rings. The van der Waals surface area contributed by atoms with E-state index in [9.17, 15) is 0 Å². The van der Waals surface area contributed by atoms with Crippen molar-refractivity contribution in [2.24, 2.45) is 5.73 Å². The van der Waals surface area contributed by atoms with E-state index in [0.717, 1.165) is 23.3 Å². The second-order valence-corrected chi connectivity index (χ2v) is 4.65. The summed E-state index contributed by atoms with van der Waals surface area (Å²) in [7, 11) is 0. The lowest BCUT2D eigenvalue weighted by molar-refractivity contribution is 0.300. The van der Waals surface area contributed by atoms with Gasteiger partial charge >= 0.3 is 0 Å². The molecule has 0 aromatic heterocycles. The molecule has 0 saturated carbocycles. The average Bonchev–Trinajstić information content (AvgIpc) is 2.52. The van der Waals surface area contributed by atoms with Crippen LogP contribution in [0.25, 0.3) is 0 Å². The fourth-order valence-corrected chi connectivity index (χ4v) is 2.03. The maximum atomic E-state index is 8.89. The Balaban J connectivity index is 2.13. The van der Waals surface area contributed by atoms with Gasteiger partial charge in [-0.15, -0.1) is 0 Å². The molecule has 0 fully saturated rings. The Labute approximate surface area is 119 Å². The Morgan fingerprint density at radius 1 is 1.20 bits per heavy atom. The first-order chi connectivity index (χ1) is 9.74. The van der Waals surface area contributed by atoms with Crippen LogP contribution in [0.15, 0.2) is 48.5 Å². The van der Waals surface area contributed by atoms with E-state index in [4.69, 9.17) is 15.7 Å². The summed E-state index contributed by atoms with van der Waals surface area (Å²) >= 11 is 0. The van der Waals surface area contributed by atoms with E-state index in [-0.39, 0.29) is 6.04 Å². The highest BCUT2D eigenvalue weighted by Gasteiger charge is 2.09. The van der Waals surface area contributed by atoms with Crippen LogP contribution in [0.1, 0.15) is 36.1 Å². The van der Waals surface area contributed by atoms with Crippen molar-refractivity contribution in [3.05, 3.63) is 65.2 Å². The van der Waals surface area contributed by atoms with Crippen molar-refractivity contribution in [3.8, 4) is 11.8 Å². The third-order valence-electron chi connectivity index (χ3n) is 3.21. The molecule has 0 heterocycles. The maximum absolute atomic E-state index is 8.89. The van der Waals surface area contributed by atoms with Gasteiger partial charge in [0.2, 0.25) is 0 Å². The minimum absolute atomic E-state index is 0.0170. The van der Waals surface area contributed by atoms with Crippen molar-refractivity contribution in [1.82, 2.24) is 0 Å². The smallest absolute Gasteiger partial charge is 0.124 e. The first-order valence-electron chi connectivity index (χ1n) is 6.71. The fraction of sp³-hybridized carbons (Fsp3) is 0.235. The molecule has 1 unspecified atom stereocenters. The van der Waals surface area contributed by atoms with Crippen molar-refractivity contribution in [2.75, 3.05) is 0 Å². The van der Waals surface area contributed by atoms with Crippen LogP contribution in [-0.4, -0.2) is 0 Å². The Morgan fingerprint density at radius 2 is 2.00 bits per heavy atom. The highest BCUT2D eigenvalue weighted by atomic mass is 16.5. The molecule has 0 aliphatic carbocycles. The van der Waals surface area contributed by atoms with Crippen LogP contribution in [0.5, 0.6) is 5.75 Å². The van der Waals surface area contributed by atoms with Crippen LogP contribution in [0.4, 0.5) is 0 Å². The maximum Gasteiger partial charge on any atom is 0.124 e. The van der Waals surface area contributed by atoms with Crippen LogP contribution >= 0.6 is 0 Å². The molecule has 0 spiro atoms. The van der Waals surface area contributed by atoms with E-state index in [2.05, 4.69) is 13.0 Å². The second-order valence-electron chi connectivity index (χ2n) is 4.65. The van der Waals surface area contributed by atoms with E-state index in [0.29, 0.717) is 12.2 Å². The number of ether oxygens (including phenoxy) is 1. The summed E-state index contributed by atoms with van der Waals surface area (Å²) in [5, 5.41) is 8.89. The predicted octanol–water partition coefficient (Wildman–Crippen LogP) is 3.55. The Bertz CT molecular complexity index is 616. The Morgan fingerprint density at radius 3 is 2.75 bits per heavy atom. The molecule has 1 atom stereocenters. The highest BCUT2D eigenvalue weighted by molar-refractivity contribution is 5.37. The standard InChI is InChI=1S/C17H18N2O/c1-2-16(19)15-8-3-4-9-17(15)20-12-14-7-5-6-13(10-14)11-18/h3-10,16H,2,12,19H2,1H3. The zero-order valence-electron chi connectivity index (χ0n) is 11.5. The predicted molar refractivity (Wildman–Crippen MR) is 79.2 cm³/mol. The average molecular weight is 266 g/mol. The summed E-state index contributed by atoms with van der Waals surface area (Å²) in [6.45, 7) is 2.49. The van der Waals surface area contributed by atoms with Crippen LogP contribution in [0, 0.1) is 11.3 Å². The van der Waals surface area contributed by atoms with Crippen molar-refractivity contribution in [3.63, 3.8) is 0 Å². The van der Waals surface area contributed by atoms with Crippen LogP contribution in [0.2, 0.25) is 0 Å². The number of nitriles is 1. The van der Waals surface area contributed by atoms with Gasteiger partial charge in [0.15, 0.2) is 0 Å². The van der Waals surface area contributed by atoms with Crippen LogP contribution < -0.4 is 10.5 Å². The number of para-hydroxylation sites is 1. The summed E-state index contributed by atoms with van der Waals surface area (Å²) in [4.78, 5) is 0. The highest BCUT2D eigenvalue weighted by Crippen LogP contribution is 2.26.